The van der Waals surface area contributed by atoms with Crippen molar-refractivity contribution >= 4 is 17.8 Å². The van der Waals surface area contributed by atoms with Gasteiger partial charge >= 0.3 is 5.97 Å². The van der Waals surface area contributed by atoms with Gasteiger partial charge in [0.25, 0.3) is 0 Å². The second-order valence-electron chi connectivity index (χ2n) is 6.19. The maximum Gasteiger partial charge on any atom is 0.309 e. The molecule has 0 aromatic rings. The fourth-order valence-electron chi connectivity index (χ4n) is 3.80. The van der Waals surface area contributed by atoms with E-state index in [4.69, 9.17) is 5.11 Å². The quantitative estimate of drug-likeness (QED) is 0.759. The molecule has 0 aromatic carbocycles. The third-order valence-corrected chi connectivity index (χ3v) is 4.95. The maximum atomic E-state index is 12.4. The van der Waals surface area contributed by atoms with Crippen molar-refractivity contribution in [2.24, 2.45) is 10.8 Å². The van der Waals surface area contributed by atoms with Crippen molar-refractivity contribution in [3.63, 3.8) is 0 Å². The molecule has 0 spiro atoms. The Morgan fingerprint density at radius 2 is 1.37 bits per heavy atom. The van der Waals surface area contributed by atoms with E-state index in [0.717, 1.165) is 0 Å². The van der Waals surface area contributed by atoms with Crippen molar-refractivity contribution in [3.05, 3.63) is 0 Å². The van der Waals surface area contributed by atoms with Gasteiger partial charge in [-0.1, -0.05) is 0 Å². The molecule has 4 rings (SSSR count). The van der Waals surface area contributed by atoms with Crippen LogP contribution in [0.5, 0.6) is 0 Å². The van der Waals surface area contributed by atoms with Crippen molar-refractivity contribution in [3.8, 4) is 0 Å². The first-order chi connectivity index (χ1) is 8.89. The number of hydrogen-bond donors (Lipinski definition) is 1. The summed E-state index contributed by atoms with van der Waals surface area (Å²) >= 11 is 0. The summed E-state index contributed by atoms with van der Waals surface area (Å²) in [7, 11) is 0. The molecule has 4 fully saturated rings. The Morgan fingerprint density at radius 3 is 1.79 bits per heavy atom. The molecule has 4 aliphatic rings. The van der Waals surface area contributed by atoms with E-state index in [9.17, 15) is 14.4 Å². The zero-order chi connectivity index (χ0) is 13.8. The van der Waals surface area contributed by atoms with E-state index in [-0.39, 0.29) is 11.8 Å². The lowest BCUT2D eigenvalue weighted by Gasteiger charge is -2.67. The van der Waals surface area contributed by atoms with Crippen LogP contribution in [0, 0.1) is 10.8 Å². The first-order valence-electron chi connectivity index (χ1n) is 6.67. The van der Waals surface area contributed by atoms with Crippen molar-refractivity contribution in [2.45, 2.75) is 26.2 Å². The topological polar surface area (TPSA) is 77.9 Å². The SMILES string of the molecule is CC(=O)N1CCN(C(=O)C23CC(C(=O)O)(C2)C3)CC1. The average molecular weight is 266 g/mol. The first kappa shape index (κ1) is 12.4. The summed E-state index contributed by atoms with van der Waals surface area (Å²) in [5.41, 5.74) is -0.992. The van der Waals surface area contributed by atoms with E-state index in [1.165, 1.54) is 6.92 Å². The molecule has 3 aliphatic carbocycles. The molecule has 3 saturated carbocycles. The molecule has 1 saturated heterocycles. The van der Waals surface area contributed by atoms with Gasteiger partial charge in [0.2, 0.25) is 11.8 Å². The molecular formula is C13H18N2O4. The van der Waals surface area contributed by atoms with Crippen LogP contribution in [0.15, 0.2) is 0 Å². The molecule has 1 aliphatic heterocycles. The molecule has 19 heavy (non-hydrogen) atoms. The van der Waals surface area contributed by atoms with Crippen LogP contribution in [-0.2, 0) is 14.4 Å². The molecule has 0 aromatic heterocycles. The third-order valence-electron chi connectivity index (χ3n) is 4.95. The summed E-state index contributed by atoms with van der Waals surface area (Å²) in [5.74, 6) is -0.621. The largest absolute Gasteiger partial charge is 0.481 e. The molecule has 1 N–H and O–H groups in total. The van der Waals surface area contributed by atoms with Crippen molar-refractivity contribution < 1.29 is 19.5 Å². The monoisotopic (exact) mass is 266 g/mol. The standard InChI is InChI=1S/C13H18N2O4/c1-9(16)14-2-4-15(5-3-14)10(17)12-6-13(7-12,8-12)11(18)19/h2-8H2,1H3,(H,18,19). The molecule has 2 amide bonds. The first-order valence-corrected chi connectivity index (χ1v) is 6.67. The second kappa shape index (κ2) is 3.71. The summed E-state index contributed by atoms with van der Waals surface area (Å²) in [4.78, 5) is 38.2. The number of nitrogens with zero attached hydrogens (tertiary/aromatic N) is 2. The van der Waals surface area contributed by atoms with Crippen LogP contribution in [0.1, 0.15) is 26.2 Å². The number of carbonyl (C=O) groups is 3. The zero-order valence-electron chi connectivity index (χ0n) is 11.0. The number of hydrogen-bond acceptors (Lipinski definition) is 3. The summed E-state index contributed by atoms with van der Waals surface area (Å²) in [5, 5.41) is 9.06. The van der Waals surface area contributed by atoms with Gasteiger partial charge < -0.3 is 14.9 Å². The van der Waals surface area contributed by atoms with Gasteiger partial charge in [0.1, 0.15) is 0 Å². The van der Waals surface area contributed by atoms with Crippen LogP contribution < -0.4 is 0 Å². The van der Waals surface area contributed by atoms with Crippen LogP contribution in [0.3, 0.4) is 0 Å². The van der Waals surface area contributed by atoms with Crippen LogP contribution >= 0.6 is 0 Å². The van der Waals surface area contributed by atoms with Crippen LogP contribution in [0.25, 0.3) is 0 Å². The minimum atomic E-state index is -0.761. The molecule has 0 atom stereocenters. The van der Waals surface area contributed by atoms with Gasteiger partial charge in [0.15, 0.2) is 0 Å². The zero-order valence-corrected chi connectivity index (χ0v) is 11.0. The lowest BCUT2D eigenvalue weighted by atomic mass is 9.34. The number of rotatable bonds is 2. The molecule has 6 nitrogen and oxygen atoms in total. The van der Waals surface area contributed by atoms with Crippen LogP contribution in [0.4, 0.5) is 0 Å². The van der Waals surface area contributed by atoms with Gasteiger partial charge in [0, 0.05) is 33.1 Å². The number of carboxylic acids is 1. The highest BCUT2D eigenvalue weighted by molar-refractivity contribution is 5.93. The molecule has 0 unspecified atom stereocenters. The van der Waals surface area contributed by atoms with Crippen molar-refractivity contribution in [1.82, 2.24) is 9.80 Å². The number of carbonyl (C=O) groups excluding carboxylic acids is 2. The molecular weight excluding hydrogens is 248 g/mol. The summed E-state index contributed by atoms with van der Waals surface area (Å²) in [6, 6.07) is 0. The fraction of sp³-hybridized carbons (Fsp3) is 0.769. The number of amides is 2. The Kier molecular flexibility index (Phi) is 2.43. The Morgan fingerprint density at radius 1 is 0.895 bits per heavy atom. The van der Waals surface area contributed by atoms with Gasteiger partial charge in [-0.25, -0.2) is 0 Å². The van der Waals surface area contributed by atoms with E-state index in [1.807, 2.05) is 0 Å². The van der Waals surface area contributed by atoms with Gasteiger partial charge in [-0.2, -0.15) is 0 Å². The number of aliphatic carboxylic acids is 1. The van der Waals surface area contributed by atoms with Gasteiger partial charge in [-0.05, 0) is 19.3 Å². The van der Waals surface area contributed by atoms with Crippen LogP contribution in [-0.4, -0.2) is 58.9 Å². The molecule has 6 heteroatoms. The number of carboxylic acid groups (broad SMARTS) is 1. The van der Waals surface area contributed by atoms with Gasteiger partial charge in [0.05, 0.1) is 10.8 Å². The Bertz CT molecular complexity index is 445. The highest BCUT2D eigenvalue weighted by Crippen LogP contribution is 2.73. The highest BCUT2D eigenvalue weighted by Gasteiger charge is 2.75. The molecule has 1 heterocycles. The average Bonchev–Trinajstić information content (AvgIpc) is 2.24. The highest BCUT2D eigenvalue weighted by atomic mass is 16.4. The Balaban J connectivity index is 1.57. The smallest absolute Gasteiger partial charge is 0.309 e. The van der Waals surface area contributed by atoms with Gasteiger partial charge in [-0.15, -0.1) is 0 Å². The number of piperazine rings is 1. The van der Waals surface area contributed by atoms with Gasteiger partial charge in [-0.3, -0.25) is 14.4 Å². The fourth-order valence-corrected chi connectivity index (χ4v) is 3.80. The lowest BCUT2D eigenvalue weighted by molar-refractivity contribution is -0.226. The molecule has 0 radical (unpaired) electrons. The Labute approximate surface area is 111 Å². The predicted octanol–water partition coefficient (Wildman–Crippen LogP) is -0.0680. The predicted molar refractivity (Wildman–Crippen MR) is 65.2 cm³/mol. The van der Waals surface area contributed by atoms with Crippen LogP contribution in [0.2, 0.25) is 0 Å². The van der Waals surface area contributed by atoms with E-state index >= 15 is 0 Å². The molecule has 104 valence electrons. The lowest BCUT2D eigenvalue weighted by Crippen LogP contribution is -2.71. The second-order valence-corrected chi connectivity index (χ2v) is 6.19. The van der Waals surface area contributed by atoms with Crippen molar-refractivity contribution in [1.29, 1.82) is 0 Å². The summed E-state index contributed by atoms with van der Waals surface area (Å²) in [6.45, 7) is 3.85. The summed E-state index contributed by atoms with van der Waals surface area (Å²) in [6.07, 6.45) is 1.50. The normalized spacial score (nSPS) is 36.3. The maximum absolute atomic E-state index is 12.4. The molecule has 2 bridgehead atoms. The Hall–Kier alpha value is -1.59. The van der Waals surface area contributed by atoms with E-state index in [1.54, 1.807) is 9.80 Å². The van der Waals surface area contributed by atoms with Crippen molar-refractivity contribution in [2.75, 3.05) is 26.2 Å². The third kappa shape index (κ3) is 1.58. The van der Waals surface area contributed by atoms with E-state index in [0.29, 0.717) is 45.4 Å². The minimum Gasteiger partial charge on any atom is -0.481 e. The minimum absolute atomic E-state index is 0.0439. The summed E-state index contributed by atoms with van der Waals surface area (Å²) < 4.78 is 0. The van der Waals surface area contributed by atoms with E-state index < -0.39 is 16.8 Å². The van der Waals surface area contributed by atoms with E-state index in [2.05, 4.69) is 0 Å².